The van der Waals surface area contributed by atoms with Gasteiger partial charge in [-0.15, -0.1) is 0 Å². The van der Waals surface area contributed by atoms with E-state index in [-0.39, 0.29) is 23.4 Å². The van der Waals surface area contributed by atoms with Crippen molar-refractivity contribution in [3.8, 4) is 22.5 Å². The lowest BCUT2D eigenvalue weighted by molar-refractivity contribution is 0.0477. The Morgan fingerprint density at radius 1 is 1.00 bits per heavy atom. The van der Waals surface area contributed by atoms with Crippen LogP contribution in [-0.4, -0.2) is 57.4 Å². The number of anilines is 1. The van der Waals surface area contributed by atoms with Gasteiger partial charge in [0.15, 0.2) is 11.5 Å². The summed E-state index contributed by atoms with van der Waals surface area (Å²) in [6.45, 7) is 2.23. The fraction of sp³-hybridized carbons (Fsp3) is 0.286. The number of rotatable bonds is 4. The van der Waals surface area contributed by atoms with E-state index in [0.29, 0.717) is 17.3 Å². The molecule has 190 valence electrons. The third kappa shape index (κ3) is 3.55. The normalized spacial score (nSPS) is 22.7. The van der Waals surface area contributed by atoms with Gasteiger partial charge in [-0.2, -0.15) is 5.10 Å². The number of imidazole rings is 1. The largest absolute Gasteiger partial charge is 0.381 e. The van der Waals surface area contributed by atoms with Crippen LogP contribution in [0.25, 0.3) is 28.2 Å². The van der Waals surface area contributed by atoms with Crippen LogP contribution in [0.3, 0.4) is 0 Å². The Balaban J connectivity index is 1.22. The molecular formula is C28H27N9O. The number of carbonyl (C=O) groups excluding carboxylic acids is 1. The quantitative estimate of drug-likeness (QED) is 0.379. The fourth-order valence-electron chi connectivity index (χ4n) is 6.30. The Morgan fingerprint density at radius 3 is 2.47 bits per heavy atom. The average Bonchev–Trinajstić information content (AvgIpc) is 3.68. The number of piperidine rings is 1. The molecule has 2 aliphatic rings. The van der Waals surface area contributed by atoms with Crippen LogP contribution in [-0.2, 0) is 5.41 Å². The minimum atomic E-state index is -0.233. The minimum Gasteiger partial charge on any atom is -0.381 e. The monoisotopic (exact) mass is 505 g/mol. The van der Waals surface area contributed by atoms with Gasteiger partial charge in [-0.1, -0.05) is 37.3 Å². The number of hydrogen-bond donors (Lipinski definition) is 2. The maximum atomic E-state index is 13.1. The van der Waals surface area contributed by atoms with E-state index in [1.165, 1.54) is 6.33 Å². The van der Waals surface area contributed by atoms with Crippen molar-refractivity contribution in [2.45, 2.75) is 50.1 Å². The molecule has 2 aliphatic heterocycles. The smallest absolute Gasteiger partial charge is 0.291 e. The van der Waals surface area contributed by atoms with Crippen molar-refractivity contribution in [3.05, 3.63) is 78.9 Å². The number of nitrogens with two attached hydrogens (primary N) is 1. The maximum Gasteiger partial charge on any atom is 0.291 e. The molecule has 1 unspecified atom stereocenters. The van der Waals surface area contributed by atoms with Gasteiger partial charge in [0.25, 0.3) is 5.91 Å². The van der Waals surface area contributed by atoms with Crippen LogP contribution in [0.5, 0.6) is 0 Å². The van der Waals surface area contributed by atoms with Gasteiger partial charge < -0.3 is 10.6 Å². The lowest BCUT2D eigenvalue weighted by atomic mass is 9.74. The van der Waals surface area contributed by atoms with Crippen LogP contribution in [0.1, 0.15) is 48.9 Å². The summed E-state index contributed by atoms with van der Waals surface area (Å²) in [5.74, 6) is 0.615. The number of hydrogen-bond acceptors (Lipinski definition) is 7. The summed E-state index contributed by atoms with van der Waals surface area (Å²) in [5.41, 5.74) is 11.6. The van der Waals surface area contributed by atoms with Gasteiger partial charge in [0.05, 0.1) is 23.3 Å². The summed E-state index contributed by atoms with van der Waals surface area (Å²) in [6, 6.07) is 14.4. The topological polar surface area (TPSA) is 131 Å². The van der Waals surface area contributed by atoms with Crippen LogP contribution in [0, 0.1) is 0 Å². The molecule has 4 aromatic heterocycles. The van der Waals surface area contributed by atoms with E-state index in [9.17, 15) is 4.79 Å². The zero-order chi connectivity index (χ0) is 25.9. The Morgan fingerprint density at radius 2 is 1.79 bits per heavy atom. The molecule has 0 saturated carbocycles. The van der Waals surface area contributed by atoms with Crippen molar-refractivity contribution in [2.75, 3.05) is 5.73 Å². The van der Waals surface area contributed by atoms with Gasteiger partial charge >= 0.3 is 0 Å². The number of nitrogens with zero attached hydrogens (tertiary/aromatic N) is 7. The van der Waals surface area contributed by atoms with Crippen LogP contribution < -0.4 is 5.73 Å². The van der Waals surface area contributed by atoms with E-state index in [4.69, 9.17) is 15.7 Å². The molecule has 10 nitrogen and oxygen atoms in total. The number of H-pyrrole nitrogens is 1. The van der Waals surface area contributed by atoms with E-state index in [1.807, 2.05) is 58.1 Å². The van der Waals surface area contributed by atoms with E-state index in [2.05, 4.69) is 39.4 Å². The van der Waals surface area contributed by atoms with Crippen LogP contribution in [0.4, 0.5) is 5.82 Å². The number of aromatic nitrogens is 7. The minimum absolute atomic E-state index is 0.0803. The predicted octanol–water partition coefficient (Wildman–Crippen LogP) is 3.88. The molecule has 3 N–H and O–H groups in total. The molecule has 0 radical (unpaired) electrons. The van der Waals surface area contributed by atoms with Gasteiger partial charge in [0.1, 0.15) is 6.33 Å². The van der Waals surface area contributed by atoms with Gasteiger partial charge in [0, 0.05) is 41.0 Å². The molecule has 0 aliphatic carbocycles. The van der Waals surface area contributed by atoms with Crippen molar-refractivity contribution < 1.29 is 4.79 Å². The molecule has 0 spiro atoms. The van der Waals surface area contributed by atoms with E-state index >= 15 is 0 Å². The second kappa shape index (κ2) is 8.47. The number of nitrogens with one attached hydrogen (secondary N) is 1. The Labute approximate surface area is 219 Å². The molecule has 38 heavy (non-hydrogen) atoms. The average molecular weight is 506 g/mol. The maximum absolute atomic E-state index is 13.1. The molecule has 2 bridgehead atoms. The molecule has 1 aromatic carbocycles. The molecule has 7 rings (SSSR count). The summed E-state index contributed by atoms with van der Waals surface area (Å²) in [4.78, 5) is 33.3. The first-order valence-electron chi connectivity index (χ1n) is 12.8. The number of carbonyl (C=O) groups is 1. The van der Waals surface area contributed by atoms with Gasteiger partial charge in [-0.05, 0) is 37.8 Å². The zero-order valence-electron chi connectivity index (χ0n) is 21.0. The summed E-state index contributed by atoms with van der Waals surface area (Å²) in [6.07, 6.45) is 10.7. The van der Waals surface area contributed by atoms with Crippen LogP contribution in [0.15, 0.2) is 67.4 Å². The third-order valence-electron chi connectivity index (χ3n) is 8.11. The summed E-state index contributed by atoms with van der Waals surface area (Å²) < 4.78 is 2.02. The fourth-order valence-corrected chi connectivity index (χ4v) is 6.30. The van der Waals surface area contributed by atoms with Crippen LogP contribution in [0.2, 0.25) is 0 Å². The van der Waals surface area contributed by atoms with E-state index in [1.54, 1.807) is 0 Å². The standard InChI is InChI=1S/C28H27N9O/c1-28(11-19-8-9-20(12-28)37(19)27(38)25-32-16-33-35-25)23-15-36-22(14-31-26(36)24(29)34-23)18-7-10-21(30-13-18)17-5-3-2-4-6-17/h2-7,10,13-16,19-20H,8-9,11-12H2,1H3,(H2,29,34)(H,32,33,35)/t19-,20+,28?. The summed E-state index contributed by atoms with van der Waals surface area (Å²) in [5, 5.41) is 6.57. The number of nitrogen functional groups attached to an aromatic ring is 1. The Kier molecular flexibility index (Phi) is 5.04. The number of amides is 1. The highest BCUT2D eigenvalue weighted by molar-refractivity contribution is 5.91. The van der Waals surface area contributed by atoms with Gasteiger partial charge in [0.2, 0.25) is 5.82 Å². The molecule has 2 fully saturated rings. The molecule has 2 saturated heterocycles. The number of aromatic amines is 1. The third-order valence-corrected chi connectivity index (χ3v) is 8.11. The van der Waals surface area contributed by atoms with E-state index in [0.717, 1.165) is 53.9 Å². The lowest BCUT2D eigenvalue weighted by Crippen LogP contribution is -2.51. The van der Waals surface area contributed by atoms with Gasteiger partial charge in [-0.3, -0.25) is 19.3 Å². The van der Waals surface area contributed by atoms with Crippen molar-refractivity contribution in [2.24, 2.45) is 0 Å². The van der Waals surface area contributed by atoms with Crippen molar-refractivity contribution >= 4 is 17.4 Å². The zero-order valence-corrected chi connectivity index (χ0v) is 21.0. The van der Waals surface area contributed by atoms with Crippen LogP contribution >= 0.6 is 0 Å². The Bertz CT molecular complexity index is 1610. The second-order valence-electron chi connectivity index (χ2n) is 10.5. The van der Waals surface area contributed by atoms with Crippen molar-refractivity contribution in [1.82, 2.24) is 39.4 Å². The molecule has 6 heterocycles. The highest BCUT2D eigenvalue weighted by Crippen LogP contribution is 2.47. The second-order valence-corrected chi connectivity index (χ2v) is 10.5. The summed E-state index contributed by atoms with van der Waals surface area (Å²) in [7, 11) is 0. The number of benzene rings is 1. The summed E-state index contributed by atoms with van der Waals surface area (Å²) >= 11 is 0. The molecular weight excluding hydrogens is 478 g/mol. The Hall–Kier alpha value is -4.60. The highest BCUT2D eigenvalue weighted by Gasteiger charge is 2.50. The SMILES string of the molecule is CC1(c2cn3c(-c4ccc(-c5ccccc5)nc4)cnc3c(N)n2)C[C@H]2CC[C@@H](C1)N2C(=O)c1ncn[nH]1. The van der Waals surface area contributed by atoms with Crippen molar-refractivity contribution in [3.63, 3.8) is 0 Å². The first-order chi connectivity index (χ1) is 18.5. The molecule has 1 amide bonds. The molecule has 5 aromatic rings. The number of pyridine rings is 1. The molecule has 10 heteroatoms. The first-order valence-corrected chi connectivity index (χ1v) is 12.8. The molecule has 3 atom stereocenters. The lowest BCUT2D eigenvalue weighted by Gasteiger charge is -2.44. The number of fused-ring (bicyclic) bond motifs is 3. The highest BCUT2D eigenvalue weighted by atomic mass is 16.2. The van der Waals surface area contributed by atoms with Crippen molar-refractivity contribution in [1.29, 1.82) is 0 Å². The van der Waals surface area contributed by atoms with E-state index < -0.39 is 0 Å². The predicted molar refractivity (Wildman–Crippen MR) is 142 cm³/mol. The van der Waals surface area contributed by atoms with Gasteiger partial charge in [-0.25, -0.2) is 15.0 Å². The first kappa shape index (κ1) is 22.6.